The highest BCUT2D eigenvalue weighted by molar-refractivity contribution is 5.68. The number of hydrazine groups is 1. The Hall–Kier alpha value is -1.82. The van der Waals surface area contributed by atoms with E-state index in [0.717, 1.165) is 30.5 Å². The van der Waals surface area contributed by atoms with Gasteiger partial charge >= 0.3 is 0 Å². The summed E-state index contributed by atoms with van der Waals surface area (Å²) in [5.74, 6) is 7.74. The standard InChI is InChI=1S/C12H18N6/c1-2-17(8-9-5-6-9)12-14-11(15-13)10-4-3-7-18(10)16-12/h3-4,7,9H,2,5-6,8,13H2,1H3,(H,14,15,16). The fourth-order valence-corrected chi connectivity index (χ4v) is 2.13. The molecule has 0 radical (unpaired) electrons. The van der Waals surface area contributed by atoms with Gasteiger partial charge in [-0.2, -0.15) is 4.98 Å². The van der Waals surface area contributed by atoms with E-state index in [1.165, 1.54) is 12.8 Å². The smallest absolute Gasteiger partial charge is 0.245 e. The number of fused-ring (bicyclic) bond motifs is 1. The zero-order valence-corrected chi connectivity index (χ0v) is 10.5. The normalized spacial score (nSPS) is 15.0. The summed E-state index contributed by atoms with van der Waals surface area (Å²) in [4.78, 5) is 6.71. The Kier molecular flexibility index (Phi) is 2.79. The monoisotopic (exact) mass is 246 g/mol. The van der Waals surface area contributed by atoms with Gasteiger partial charge in [-0.1, -0.05) is 0 Å². The molecule has 2 aromatic heterocycles. The molecule has 2 heterocycles. The second-order valence-corrected chi connectivity index (χ2v) is 4.72. The molecule has 0 unspecified atom stereocenters. The lowest BCUT2D eigenvalue weighted by Gasteiger charge is -2.21. The lowest BCUT2D eigenvalue weighted by molar-refractivity contribution is 0.704. The summed E-state index contributed by atoms with van der Waals surface area (Å²) in [5.41, 5.74) is 3.54. The van der Waals surface area contributed by atoms with Crippen molar-refractivity contribution in [3.63, 3.8) is 0 Å². The third kappa shape index (κ3) is 1.99. The minimum Gasteiger partial charge on any atom is -0.340 e. The van der Waals surface area contributed by atoms with E-state index in [0.29, 0.717) is 5.82 Å². The number of rotatable bonds is 5. The van der Waals surface area contributed by atoms with Gasteiger partial charge in [-0.25, -0.2) is 10.4 Å². The van der Waals surface area contributed by atoms with E-state index in [9.17, 15) is 0 Å². The minimum atomic E-state index is 0.666. The molecule has 3 N–H and O–H groups in total. The molecular weight excluding hydrogens is 228 g/mol. The van der Waals surface area contributed by atoms with Gasteiger partial charge in [-0.05, 0) is 37.8 Å². The summed E-state index contributed by atoms with van der Waals surface area (Å²) in [5, 5.41) is 4.53. The van der Waals surface area contributed by atoms with Gasteiger partial charge in [0.2, 0.25) is 5.95 Å². The van der Waals surface area contributed by atoms with E-state index in [2.05, 4.69) is 27.3 Å². The summed E-state index contributed by atoms with van der Waals surface area (Å²) in [6.07, 6.45) is 4.56. The zero-order chi connectivity index (χ0) is 12.5. The first-order chi connectivity index (χ1) is 8.81. The van der Waals surface area contributed by atoms with Crippen LogP contribution in [0.4, 0.5) is 11.8 Å². The summed E-state index contributed by atoms with van der Waals surface area (Å²) in [6.45, 7) is 4.07. The van der Waals surface area contributed by atoms with Crippen LogP contribution in [0.15, 0.2) is 18.3 Å². The topological polar surface area (TPSA) is 71.5 Å². The van der Waals surface area contributed by atoms with Crippen molar-refractivity contribution in [2.45, 2.75) is 19.8 Å². The molecule has 0 aliphatic heterocycles. The number of anilines is 2. The van der Waals surface area contributed by atoms with Crippen LogP contribution in [0.1, 0.15) is 19.8 Å². The number of nitrogens with zero attached hydrogens (tertiary/aromatic N) is 4. The Labute approximate surface area is 106 Å². The molecule has 3 rings (SSSR count). The number of hydrogen-bond donors (Lipinski definition) is 2. The molecule has 96 valence electrons. The molecular formula is C12H18N6. The van der Waals surface area contributed by atoms with Gasteiger partial charge in [-0.15, -0.1) is 5.10 Å². The molecule has 6 heteroatoms. The van der Waals surface area contributed by atoms with Crippen LogP contribution >= 0.6 is 0 Å². The molecule has 6 nitrogen and oxygen atoms in total. The average Bonchev–Trinajstić information content (AvgIpc) is 3.09. The average molecular weight is 246 g/mol. The van der Waals surface area contributed by atoms with Gasteiger partial charge in [-0.3, -0.25) is 0 Å². The second-order valence-electron chi connectivity index (χ2n) is 4.72. The lowest BCUT2D eigenvalue weighted by atomic mass is 10.4. The van der Waals surface area contributed by atoms with Crippen molar-refractivity contribution >= 4 is 17.3 Å². The van der Waals surface area contributed by atoms with Crippen LogP contribution < -0.4 is 16.2 Å². The van der Waals surface area contributed by atoms with Crippen LogP contribution in [0.5, 0.6) is 0 Å². The Morgan fingerprint density at radius 1 is 1.56 bits per heavy atom. The van der Waals surface area contributed by atoms with Gasteiger partial charge in [0.1, 0.15) is 5.52 Å². The van der Waals surface area contributed by atoms with Crippen LogP contribution in [-0.4, -0.2) is 27.7 Å². The van der Waals surface area contributed by atoms with Crippen molar-refractivity contribution in [1.29, 1.82) is 0 Å². The van der Waals surface area contributed by atoms with Gasteiger partial charge in [0, 0.05) is 19.3 Å². The van der Waals surface area contributed by atoms with E-state index >= 15 is 0 Å². The first kappa shape index (κ1) is 11.3. The van der Waals surface area contributed by atoms with E-state index in [1.807, 2.05) is 22.8 Å². The fraction of sp³-hybridized carbons (Fsp3) is 0.500. The Morgan fingerprint density at radius 2 is 2.39 bits per heavy atom. The SMILES string of the molecule is CCN(CC1CC1)c1nc(NN)c2cccn2n1. The van der Waals surface area contributed by atoms with Crippen LogP contribution in [-0.2, 0) is 0 Å². The zero-order valence-electron chi connectivity index (χ0n) is 10.5. The predicted molar refractivity (Wildman–Crippen MR) is 71.4 cm³/mol. The Balaban J connectivity index is 1.98. The highest BCUT2D eigenvalue weighted by atomic mass is 15.4. The molecule has 0 bridgehead atoms. The van der Waals surface area contributed by atoms with Gasteiger partial charge in [0.15, 0.2) is 5.82 Å². The van der Waals surface area contributed by atoms with Crippen molar-refractivity contribution in [3.8, 4) is 0 Å². The third-order valence-electron chi connectivity index (χ3n) is 3.36. The number of nitrogens with two attached hydrogens (primary N) is 1. The largest absolute Gasteiger partial charge is 0.340 e. The molecule has 0 saturated heterocycles. The molecule has 2 aromatic rings. The van der Waals surface area contributed by atoms with Gasteiger partial charge < -0.3 is 10.3 Å². The summed E-state index contributed by atoms with van der Waals surface area (Å²) < 4.78 is 1.81. The van der Waals surface area contributed by atoms with E-state index < -0.39 is 0 Å². The fourth-order valence-electron chi connectivity index (χ4n) is 2.13. The maximum atomic E-state index is 5.53. The molecule has 0 atom stereocenters. The second kappa shape index (κ2) is 4.45. The number of nitrogen functional groups attached to an aromatic ring is 1. The highest BCUT2D eigenvalue weighted by Crippen LogP contribution is 2.30. The van der Waals surface area contributed by atoms with E-state index in [-0.39, 0.29) is 0 Å². The maximum Gasteiger partial charge on any atom is 0.245 e. The molecule has 1 aliphatic rings. The van der Waals surface area contributed by atoms with Crippen molar-refractivity contribution in [3.05, 3.63) is 18.3 Å². The summed E-state index contributed by atoms with van der Waals surface area (Å²) in [7, 11) is 0. The van der Waals surface area contributed by atoms with Gasteiger partial charge in [0.05, 0.1) is 0 Å². The molecule has 18 heavy (non-hydrogen) atoms. The Bertz CT molecular complexity index is 544. The molecule has 0 amide bonds. The molecule has 0 aromatic carbocycles. The number of hydrogen-bond acceptors (Lipinski definition) is 5. The maximum absolute atomic E-state index is 5.53. The van der Waals surface area contributed by atoms with Gasteiger partial charge in [0.25, 0.3) is 0 Å². The van der Waals surface area contributed by atoms with Crippen molar-refractivity contribution in [1.82, 2.24) is 14.6 Å². The lowest BCUT2D eigenvalue weighted by Crippen LogP contribution is -2.28. The number of aromatic nitrogens is 3. The predicted octanol–water partition coefficient (Wildman–Crippen LogP) is 1.25. The molecule has 1 aliphatic carbocycles. The van der Waals surface area contributed by atoms with Crippen molar-refractivity contribution in [2.75, 3.05) is 23.4 Å². The first-order valence-corrected chi connectivity index (χ1v) is 6.38. The Morgan fingerprint density at radius 3 is 3.06 bits per heavy atom. The quantitative estimate of drug-likeness (QED) is 0.613. The van der Waals surface area contributed by atoms with Crippen molar-refractivity contribution < 1.29 is 0 Å². The highest BCUT2D eigenvalue weighted by Gasteiger charge is 2.25. The third-order valence-corrected chi connectivity index (χ3v) is 3.36. The summed E-state index contributed by atoms with van der Waals surface area (Å²) >= 11 is 0. The molecule has 1 saturated carbocycles. The molecule has 1 fully saturated rings. The van der Waals surface area contributed by atoms with E-state index in [1.54, 1.807) is 0 Å². The number of nitrogens with one attached hydrogen (secondary N) is 1. The van der Waals surface area contributed by atoms with Crippen LogP contribution in [0.2, 0.25) is 0 Å². The summed E-state index contributed by atoms with van der Waals surface area (Å²) in [6, 6.07) is 3.88. The van der Waals surface area contributed by atoms with Crippen LogP contribution in [0, 0.1) is 5.92 Å². The van der Waals surface area contributed by atoms with E-state index in [4.69, 9.17) is 5.84 Å². The van der Waals surface area contributed by atoms with Crippen LogP contribution in [0.25, 0.3) is 5.52 Å². The minimum absolute atomic E-state index is 0.666. The first-order valence-electron chi connectivity index (χ1n) is 6.38. The van der Waals surface area contributed by atoms with Crippen LogP contribution in [0.3, 0.4) is 0 Å². The molecule has 0 spiro atoms. The van der Waals surface area contributed by atoms with Crippen molar-refractivity contribution in [2.24, 2.45) is 11.8 Å².